The SMILES string of the molecule is CC(=O)Nc1ccc(C=O)cc1.NCCC[C@H](N)C(=O)O.NCCc1ccccc1.O=C(O)c1ccccc1. The number of benzene rings is 3. The van der Waals surface area contributed by atoms with Crippen molar-refractivity contribution in [3.8, 4) is 0 Å². The highest BCUT2D eigenvalue weighted by atomic mass is 16.4. The fourth-order valence-corrected chi connectivity index (χ4v) is 2.70. The quantitative estimate of drug-likeness (QED) is 0.221. The summed E-state index contributed by atoms with van der Waals surface area (Å²) in [5.74, 6) is -1.95. The maximum Gasteiger partial charge on any atom is 0.335 e. The smallest absolute Gasteiger partial charge is 0.335 e. The minimum absolute atomic E-state index is 0.117. The summed E-state index contributed by atoms with van der Waals surface area (Å²) in [7, 11) is 0. The first-order chi connectivity index (χ1) is 18.6. The molecule has 1 amide bonds. The van der Waals surface area contributed by atoms with Crippen LogP contribution >= 0.6 is 0 Å². The molecule has 0 unspecified atom stereocenters. The number of carbonyl (C=O) groups excluding carboxylic acids is 2. The Morgan fingerprint density at radius 3 is 1.77 bits per heavy atom. The lowest BCUT2D eigenvalue weighted by atomic mass is 10.2. The monoisotopic (exact) mass is 538 g/mol. The Labute approximate surface area is 228 Å². The van der Waals surface area contributed by atoms with E-state index in [1.54, 1.807) is 54.6 Å². The average molecular weight is 539 g/mol. The molecule has 39 heavy (non-hydrogen) atoms. The second-order valence-corrected chi connectivity index (χ2v) is 7.99. The van der Waals surface area contributed by atoms with Gasteiger partial charge in [-0.1, -0.05) is 48.5 Å². The van der Waals surface area contributed by atoms with Crippen LogP contribution < -0.4 is 22.5 Å². The zero-order valence-electron chi connectivity index (χ0n) is 22.0. The standard InChI is InChI=1S/C9H9NO2.C8H11N.C7H6O2.C5H12N2O2/c1-7(12)10-9-4-2-8(6-11)3-5-9;9-7-6-8-4-2-1-3-5-8;8-7(9)6-4-2-1-3-5-6;6-3-1-2-4(7)5(8)9/h2-6H,1H3,(H,10,12);1-5H,6-7,9H2;1-5H,(H,8,9);4H,1-3,6-7H2,(H,8,9)/t;;;4-/m...0/s1. The molecule has 0 spiro atoms. The van der Waals surface area contributed by atoms with E-state index >= 15 is 0 Å². The zero-order chi connectivity index (χ0) is 29.5. The molecule has 0 fully saturated rings. The second-order valence-electron chi connectivity index (χ2n) is 7.99. The van der Waals surface area contributed by atoms with Crippen LogP contribution in [0.2, 0.25) is 0 Å². The van der Waals surface area contributed by atoms with Crippen LogP contribution in [-0.2, 0) is 16.0 Å². The first-order valence-electron chi connectivity index (χ1n) is 12.2. The predicted molar refractivity (Wildman–Crippen MR) is 153 cm³/mol. The van der Waals surface area contributed by atoms with Crippen LogP contribution in [0.5, 0.6) is 0 Å². The molecular weight excluding hydrogens is 500 g/mol. The van der Waals surface area contributed by atoms with E-state index in [0.717, 1.165) is 19.3 Å². The highest BCUT2D eigenvalue weighted by Crippen LogP contribution is 2.07. The molecule has 0 radical (unpaired) electrons. The molecular formula is C29H38N4O6. The van der Waals surface area contributed by atoms with Crippen molar-refractivity contribution in [3.63, 3.8) is 0 Å². The second kappa shape index (κ2) is 21.7. The fourth-order valence-electron chi connectivity index (χ4n) is 2.70. The van der Waals surface area contributed by atoms with Crippen LogP contribution in [0.1, 0.15) is 46.0 Å². The van der Waals surface area contributed by atoms with E-state index in [2.05, 4.69) is 17.4 Å². The Kier molecular flexibility index (Phi) is 19.2. The van der Waals surface area contributed by atoms with E-state index in [4.69, 9.17) is 27.4 Å². The minimum Gasteiger partial charge on any atom is -0.480 e. The summed E-state index contributed by atoms with van der Waals surface area (Å²) in [5, 5.41) is 19.2. The Morgan fingerprint density at radius 2 is 1.38 bits per heavy atom. The summed E-state index contributed by atoms with van der Waals surface area (Å²) < 4.78 is 0. The number of aromatic carboxylic acids is 1. The highest BCUT2D eigenvalue weighted by molar-refractivity contribution is 5.89. The van der Waals surface area contributed by atoms with Crippen molar-refractivity contribution >= 4 is 29.8 Å². The minimum atomic E-state index is -0.955. The van der Waals surface area contributed by atoms with Gasteiger partial charge in [0.2, 0.25) is 5.91 Å². The number of aliphatic carboxylic acids is 1. The van der Waals surface area contributed by atoms with Crippen molar-refractivity contribution in [2.45, 2.75) is 32.2 Å². The fraction of sp³-hybridized carbons (Fsp3) is 0.241. The van der Waals surface area contributed by atoms with Gasteiger partial charge in [-0.3, -0.25) is 14.4 Å². The van der Waals surface area contributed by atoms with Crippen LogP contribution in [0.3, 0.4) is 0 Å². The van der Waals surface area contributed by atoms with Crippen molar-refractivity contribution in [1.29, 1.82) is 0 Å². The third-order valence-corrected chi connectivity index (χ3v) is 4.70. The van der Waals surface area contributed by atoms with Crippen LogP contribution in [0, 0.1) is 0 Å². The molecule has 210 valence electrons. The maximum atomic E-state index is 10.6. The summed E-state index contributed by atoms with van der Waals surface area (Å²) in [5.41, 5.74) is 18.6. The van der Waals surface area contributed by atoms with Crippen LogP contribution in [-0.4, -0.2) is 53.5 Å². The van der Waals surface area contributed by atoms with Crippen LogP contribution in [0.25, 0.3) is 0 Å². The summed E-state index contributed by atoms with van der Waals surface area (Å²) in [6.07, 6.45) is 2.89. The molecule has 0 bridgehead atoms. The van der Waals surface area contributed by atoms with Crippen molar-refractivity contribution in [3.05, 3.63) is 102 Å². The Hall–Kier alpha value is -4.38. The summed E-state index contributed by atoms with van der Waals surface area (Å²) in [4.78, 5) is 41.1. The number of hydrogen-bond donors (Lipinski definition) is 6. The molecule has 1 atom stereocenters. The Morgan fingerprint density at radius 1 is 0.846 bits per heavy atom. The van der Waals surface area contributed by atoms with Gasteiger partial charge in [0.05, 0.1) is 5.56 Å². The van der Waals surface area contributed by atoms with Crippen molar-refractivity contribution < 1.29 is 29.4 Å². The number of anilines is 1. The molecule has 0 aromatic heterocycles. The van der Waals surface area contributed by atoms with Crippen molar-refractivity contribution in [2.24, 2.45) is 17.2 Å². The van der Waals surface area contributed by atoms with Gasteiger partial charge in [-0.15, -0.1) is 0 Å². The molecule has 0 saturated heterocycles. The van der Waals surface area contributed by atoms with Crippen molar-refractivity contribution in [1.82, 2.24) is 0 Å². The van der Waals surface area contributed by atoms with E-state index in [9.17, 15) is 19.2 Å². The molecule has 0 heterocycles. The van der Waals surface area contributed by atoms with Gasteiger partial charge >= 0.3 is 11.9 Å². The van der Waals surface area contributed by atoms with Gasteiger partial charge in [-0.25, -0.2) is 4.79 Å². The number of carboxylic acids is 2. The number of aldehydes is 1. The normalized spacial score (nSPS) is 10.1. The summed E-state index contributed by atoms with van der Waals surface area (Å²) in [6, 6.07) is 24.5. The number of amides is 1. The van der Waals surface area contributed by atoms with E-state index in [-0.39, 0.29) is 5.91 Å². The number of rotatable bonds is 9. The lowest BCUT2D eigenvalue weighted by Crippen LogP contribution is -2.30. The first kappa shape index (κ1) is 34.6. The highest BCUT2D eigenvalue weighted by Gasteiger charge is 2.08. The molecule has 0 aliphatic rings. The van der Waals surface area contributed by atoms with Gasteiger partial charge in [0.1, 0.15) is 12.3 Å². The lowest BCUT2D eigenvalue weighted by molar-refractivity contribution is -0.138. The number of hydrogen-bond acceptors (Lipinski definition) is 7. The third kappa shape index (κ3) is 18.5. The van der Waals surface area contributed by atoms with Crippen LogP contribution in [0.15, 0.2) is 84.9 Å². The molecule has 9 N–H and O–H groups in total. The summed E-state index contributed by atoms with van der Waals surface area (Å²) >= 11 is 0. The Bertz CT molecular complexity index is 1090. The third-order valence-electron chi connectivity index (χ3n) is 4.70. The van der Waals surface area contributed by atoms with E-state index in [1.165, 1.54) is 12.5 Å². The number of nitrogens with one attached hydrogen (secondary N) is 1. The molecule has 3 aromatic carbocycles. The lowest BCUT2D eigenvalue weighted by Gasteiger charge is -2.02. The van der Waals surface area contributed by atoms with Gasteiger partial charge in [0.25, 0.3) is 0 Å². The van der Waals surface area contributed by atoms with Gasteiger partial charge in [-0.05, 0) is 74.3 Å². The molecule has 0 aliphatic heterocycles. The van der Waals surface area contributed by atoms with Crippen molar-refractivity contribution in [2.75, 3.05) is 18.4 Å². The number of carboxylic acid groups (broad SMARTS) is 2. The van der Waals surface area contributed by atoms with Crippen LogP contribution in [0.4, 0.5) is 5.69 Å². The largest absolute Gasteiger partial charge is 0.480 e. The zero-order valence-corrected chi connectivity index (χ0v) is 22.0. The topological polar surface area (TPSA) is 199 Å². The van der Waals surface area contributed by atoms with E-state index in [1.807, 2.05) is 18.2 Å². The predicted octanol–water partition coefficient (Wildman–Crippen LogP) is 3.17. The summed E-state index contributed by atoms with van der Waals surface area (Å²) in [6.45, 7) is 2.68. The average Bonchev–Trinajstić information content (AvgIpc) is 2.94. The van der Waals surface area contributed by atoms with Gasteiger partial charge in [-0.2, -0.15) is 0 Å². The molecule has 0 saturated carbocycles. The maximum absolute atomic E-state index is 10.6. The van der Waals surface area contributed by atoms with Gasteiger partial charge < -0.3 is 32.7 Å². The molecule has 10 nitrogen and oxygen atoms in total. The molecule has 0 aliphatic carbocycles. The van der Waals surface area contributed by atoms with Gasteiger partial charge in [0, 0.05) is 18.2 Å². The first-order valence-corrected chi connectivity index (χ1v) is 12.2. The van der Waals surface area contributed by atoms with E-state index in [0.29, 0.717) is 36.2 Å². The molecule has 10 heteroatoms. The number of nitrogens with two attached hydrogens (primary N) is 3. The van der Waals surface area contributed by atoms with E-state index < -0.39 is 18.0 Å². The Balaban J connectivity index is 0.000000498. The van der Waals surface area contributed by atoms with Gasteiger partial charge in [0.15, 0.2) is 0 Å². The molecule has 3 rings (SSSR count). The molecule has 3 aromatic rings. The number of carbonyl (C=O) groups is 4.